The largest absolute Gasteiger partial charge is 0.378 e. The van der Waals surface area contributed by atoms with E-state index in [0.717, 1.165) is 16.9 Å². The number of aliphatic imine (C=N–C) groups is 1. The highest BCUT2D eigenvalue weighted by Gasteiger charge is 2.32. The van der Waals surface area contributed by atoms with E-state index >= 15 is 0 Å². The van der Waals surface area contributed by atoms with Crippen LogP contribution in [0.3, 0.4) is 0 Å². The van der Waals surface area contributed by atoms with E-state index in [1.807, 2.05) is 48.7 Å². The number of nitrogens with zero attached hydrogens (tertiary/aromatic N) is 6. The molecule has 0 N–H and O–H groups in total. The van der Waals surface area contributed by atoms with Gasteiger partial charge in [-0.15, -0.1) is 5.10 Å². The van der Waals surface area contributed by atoms with Crippen molar-refractivity contribution in [3.05, 3.63) is 77.4 Å². The molecule has 31 heavy (non-hydrogen) atoms. The van der Waals surface area contributed by atoms with Crippen molar-refractivity contribution in [1.29, 1.82) is 5.26 Å². The van der Waals surface area contributed by atoms with Crippen molar-refractivity contribution in [2.24, 2.45) is 4.99 Å². The van der Waals surface area contributed by atoms with Gasteiger partial charge in [-0.25, -0.2) is 9.67 Å². The number of rotatable bonds is 4. The lowest BCUT2D eigenvalue weighted by molar-refractivity contribution is -0.111. The number of carbonyl (C=O) groups is 1. The molecule has 1 unspecified atom stereocenters. The van der Waals surface area contributed by atoms with Crippen molar-refractivity contribution in [2.75, 3.05) is 26.3 Å². The van der Waals surface area contributed by atoms with Gasteiger partial charge in [-0.2, -0.15) is 5.26 Å². The zero-order valence-electron chi connectivity index (χ0n) is 16.8. The predicted octanol–water partition coefficient (Wildman–Crippen LogP) is 2.11. The number of ketones is 1. The van der Waals surface area contributed by atoms with Crippen LogP contribution in [0.15, 0.2) is 71.2 Å². The summed E-state index contributed by atoms with van der Waals surface area (Å²) in [5, 5.41) is 17.5. The average molecular weight is 412 g/mol. The number of hydrogen-bond donors (Lipinski definition) is 0. The summed E-state index contributed by atoms with van der Waals surface area (Å²) in [6.45, 7) is 2.69. The third-order valence-corrected chi connectivity index (χ3v) is 5.55. The van der Waals surface area contributed by atoms with E-state index in [1.165, 1.54) is 0 Å². The lowest BCUT2D eigenvalue weighted by atomic mass is 9.86. The van der Waals surface area contributed by atoms with E-state index in [2.05, 4.69) is 21.3 Å². The molecule has 1 fully saturated rings. The Morgan fingerprint density at radius 1 is 1.19 bits per heavy atom. The molecule has 2 aliphatic heterocycles. The molecule has 154 valence electrons. The van der Waals surface area contributed by atoms with Gasteiger partial charge in [-0.05, 0) is 23.8 Å². The second kappa shape index (κ2) is 8.13. The van der Waals surface area contributed by atoms with E-state index < -0.39 is 0 Å². The first-order valence-electron chi connectivity index (χ1n) is 10.2. The Balaban J connectivity index is 1.44. The third-order valence-electron chi connectivity index (χ3n) is 5.55. The quantitative estimate of drug-likeness (QED) is 0.763. The van der Waals surface area contributed by atoms with E-state index in [9.17, 15) is 4.79 Å². The molecule has 3 aliphatic rings. The molecule has 2 aromatic rings. The number of morpholine rings is 1. The minimum absolute atomic E-state index is 0.0404. The van der Waals surface area contributed by atoms with Crippen LogP contribution in [0.5, 0.6) is 0 Å². The lowest BCUT2D eigenvalue weighted by Gasteiger charge is -2.31. The van der Waals surface area contributed by atoms with Crippen LogP contribution in [0.4, 0.5) is 0 Å². The van der Waals surface area contributed by atoms with Crippen LogP contribution in [0.1, 0.15) is 17.2 Å². The molecule has 8 heteroatoms. The van der Waals surface area contributed by atoms with Crippen molar-refractivity contribution in [1.82, 2.24) is 19.9 Å². The third kappa shape index (κ3) is 3.71. The highest BCUT2D eigenvalue weighted by molar-refractivity contribution is 6.30. The minimum atomic E-state index is -0.250. The van der Waals surface area contributed by atoms with Gasteiger partial charge in [0, 0.05) is 24.7 Å². The van der Waals surface area contributed by atoms with Gasteiger partial charge in [-0.1, -0.05) is 29.5 Å². The van der Waals surface area contributed by atoms with Crippen LogP contribution in [-0.4, -0.2) is 57.7 Å². The number of carbonyl (C=O) groups excluding carboxylic acids is 1. The van der Waals surface area contributed by atoms with Gasteiger partial charge in [0.2, 0.25) is 0 Å². The van der Waals surface area contributed by atoms with Crippen LogP contribution < -0.4 is 0 Å². The van der Waals surface area contributed by atoms with Crippen LogP contribution in [0.2, 0.25) is 0 Å². The molecule has 1 saturated heterocycles. The molecular formula is C23H20N6O2. The number of hydrogen-bond acceptors (Lipinski definition) is 7. The normalized spacial score (nSPS) is 20.5. The summed E-state index contributed by atoms with van der Waals surface area (Å²) in [6, 6.07) is 9.78. The zero-order valence-corrected chi connectivity index (χ0v) is 16.8. The fraction of sp³-hybridized carbons (Fsp3) is 0.261. The molecule has 0 amide bonds. The van der Waals surface area contributed by atoms with E-state index in [0.29, 0.717) is 49.8 Å². The molecular weight excluding hydrogens is 392 g/mol. The summed E-state index contributed by atoms with van der Waals surface area (Å²) < 4.78 is 7.11. The number of nitriles is 1. The second-order valence-corrected chi connectivity index (χ2v) is 7.50. The van der Waals surface area contributed by atoms with Gasteiger partial charge in [0.25, 0.3) is 0 Å². The maximum atomic E-state index is 12.8. The molecule has 0 radical (unpaired) electrons. The Morgan fingerprint density at radius 3 is 2.77 bits per heavy atom. The summed E-state index contributed by atoms with van der Waals surface area (Å²) in [4.78, 5) is 19.7. The first-order chi connectivity index (χ1) is 15.2. The summed E-state index contributed by atoms with van der Waals surface area (Å²) in [5.74, 6) is 0.392. The van der Waals surface area contributed by atoms with Gasteiger partial charge in [0.15, 0.2) is 5.78 Å². The molecule has 0 spiro atoms. The number of aromatic nitrogens is 3. The van der Waals surface area contributed by atoms with Gasteiger partial charge < -0.3 is 9.64 Å². The van der Waals surface area contributed by atoms with Gasteiger partial charge in [-0.3, -0.25) is 4.79 Å². The Hall–Kier alpha value is -3.83. The summed E-state index contributed by atoms with van der Waals surface area (Å²) >= 11 is 0. The Kier molecular flexibility index (Phi) is 5.02. The standard InChI is InChI=1S/C23H20N6O2/c24-9-8-16-4-6-17(7-5-16)29-15-20(26-27-29)18-2-1-3-19-21(30)14-22(25-23(18)19)28-10-12-31-13-11-28/h1-7,14-15,18H,8,10-13H2. The fourth-order valence-corrected chi connectivity index (χ4v) is 3.89. The molecule has 8 nitrogen and oxygen atoms in total. The molecule has 1 atom stereocenters. The molecule has 1 aliphatic carbocycles. The van der Waals surface area contributed by atoms with Gasteiger partial charge in [0.05, 0.1) is 54.9 Å². The highest BCUT2D eigenvalue weighted by atomic mass is 16.5. The Labute approximate surface area is 179 Å². The average Bonchev–Trinajstić information content (AvgIpc) is 3.30. The Bertz CT molecular complexity index is 1170. The second-order valence-electron chi connectivity index (χ2n) is 7.50. The molecule has 1 aromatic heterocycles. The summed E-state index contributed by atoms with van der Waals surface area (Å²) in [5.41, 5.74) is 3.83. The number of benzene rings is 1. The molecule has 0 bridgehead atoms. The van der Waals surface area contributed by atoms with Crippen LogP contribution in [0.25, 0.3) is 5.69 Å². The van der Waals surface area contributed by atoms with Crippen molar-refractivity contribution >= 4 is 11.5 Å². The van der Waals surface area contributed by atoms with Gasteiger partial charge in [0.1, 0.15) is 5.82 Å². The topological polar surface area (TPSA) is 96.4 Å². The van der Waals surface area contributed by atoms with Crippen molar-refractivity contribution < 1.29 is 9.53 Å². The number of ether oxygens (including phenoxy) is 1. The van der Waals surface area contributed by atoms with E-state index in [1.54, 1.807) is 10.8 Å². The van der Waals surface area contributed by atoms with Crippen LogP contribution in [-0.2, 0) is 16.0 Å². The fourth-order valence-electron chi connectivity index (χ4n) is 3.89. The zero-order chi connectivity index (χ0) is 21.2. The SMILES string of the molecule is N#CCc1ccc(-n2cc(C3C=CC=C4C(=O)C=C(N5CCOCC5)N=C43)nn2)cc1. The van der Waals surface area contributed by atoms with Crippen molar-refractivity contribution in [2.45, 2.75) is 12.3 Å². The number of fused-ring (bicyclic) bond motifs is 1. The number of allylic oxidation sites excluding steroid dienone is 5. The Morgan fingerprint density at radius 2 is 2.00 bits per heavy atom. The molecule has 0 saturated carbocycles. The first-order valence-corrected chi connectivity index (χ1v) is 10.2. The lowest BCUT2D eigenvalue weighted by Crippen LogP contribution is -2.37. The molecule has 1 aromatic carbocycles. The maximum Gasteiger partial charge on any atom is 0.191 e. The van der Waals surface area contributed by atoms with Crippen molar-refractivity contribution in [3.8, 4) is 11.8 Å². The predicted molar refractivity (Wildman–Crippen MR) is 114 cm³/mol. The minimum Gasteiger partial charge on any atom is -0.378 e. The highest BCUT2D eigenvalue weighted by Crippen LogP contribution is 2.30. The first kappa shape index (κ1) is 19.2. The summed E-state index contributed by atoms with van der Waals surface area (Å²) in [7, 11) is 0. The summed E-state index contributed by atoms with van der Waals surface area (Å²) in [6.07, 6.45) is 9.51. The smallest absolute Gasteiger partial charge is 0.191 e. The molecule has 5 rings (SSSR count). The monoisotopic (exact) mass is 412 g/mol. The van der Waals surface area contributed by atoms with Crippen LogP contribution >= 0.6 is 0 Å². The maximum absolute atomic E-state index is 12.8. The van der Waals surface area contributed by atoms with Gasteiger partial charge >= 0.3 is 0 Å². The van der Waals surface area contributed by atoms with E-state index in [4.69, 9.17) is 15.0 Å². The van der Waals surface area contributed by atoms with Crippen LogP contribution in [0, 0.1) is 11.3 Å². The molecule has 3 heterocycles. The van der Waals surface area contributed by atoms with E-state index in [-0.39, 0.29) is 11.7 Å². The van der Waals surface area contributed by atoms with Crippen molar-refractivity contribution in [3.63, 3.8) is 0 Å².